The molecule has 0 aliphatic carbocycles. The van der Waals surface area contributed by atoms with Crippen molar-refractivity contribution >= 4 is 11.6 Å². The summed E-state index contributed by atoms with van der Waals surface area (Å²) < 4.78 is 0. The molecule has 1 amide bonds. The van der Waals surface area contributed by atoms with Crippen LogP contribution in [-0.2, 0) is 0 Å². The first kappa shape index (κ1) is 15.5. The van der Waals surface area contributed by atoms with E-state index >= 15 is 0 Å². The predicted octanol–water partition coefficient (Wildman–Crippen LogP) is 2.12. The second-order valence-electron chi connectivity index (χ2n) is 5.66. The summed E-state index contributed by atoms with van der Waals surface area (Å²) in [5.41, 5.74) is 8.07. The molecule has 0 aromatic heterocycles. The number of nitrogen functional groups attached to an aromatic ring is 1. The minimum Gasteiger partial charge on any atom is -0.398 e. The molecule has 0 aliphatic heterocycles. The zero-order valence-corrected chi connectivity index (χ0v) is 12.4. The summed E-state index contributed by atoms with van der Waals surface area (Å²) in [5.74, 6) is -0.0891. The van der Waals surface area contributed by atoms with Gasteiger partial charge in [0.2, 0.25) is 0 Å². The van der Waals surface area contributed by atoms with Gasteiger partial charge in [0.25, 0.3) is 5.91 Å². The highest BCUT2D eigenvalue weighted by atomic mass is 16.3. The Hall–Kier alpha value is -1.55. The van der Waals surface area contributed by atoms with Crippen LogP contribution in [0.2, 0.25) is 0 Å². The summed E-state index contributed by atoms with van der Waals surface area (Å²) in [5, 5.41) is 9.86. The maximum Gasteiger partial charge on any atom is 0.254 e. The number of carbonyl (C=O) groups is 1. The lowest BCUT2D eigenvalue weighted by Gasteiger charge is -2.28. The number of hydrogen-bond acceptors (Lipinski definition) is 3. The number of hydrogen-bond donors (Lipinski definition) is 2. The van der Waals surface area contributed by atoms with E-state index in [2.05, 4.69) is 0 Å². The average molecular weight is 264 g/mol. The van der Waals surface area contributed by atoms with Crippen LogP contribution in [0.15, 0.2) is 12.1 Å². The molecule has 19 heavy (non-hydrogen) atoms. The normalized spacial score (nSPS) is 11.5. The third kappa shape index (κ3) is 3.96. The van der Waals surface area contributed by atoms with E-state index < -0.39 is 5.60 Å². The van der Waals surface area contributed by atoms with Crippen molar-refractivity contribution in [3.8, 4) is 0 Å². The Morgan fingerprint density at radius 3 is 2.37 bits per heavy atom. The van der Waals surface area contributed by atoms with Gasteiger partial charge >= 0.3 is 0 Å². The number of amides is 1. The monoisotopic (exact) mass is 264 g/mol. The smallest absolute Gasteiger partial charge is 0.254 e. The van der Waals surface area contributed by atoms with Crippen molar-refractivity contribution in [2.24, 2.45) is 0 Å². The van der Waals surface area contributed by atoms with Crippen molar-refractivity contribution in [3.05, 3.63) is 28.8 Å². The fourth-order valence-electron chi connectivity index (χ4n) is 2.06. The van der Waals surface area contributed by atoms with Gasteiger partial charge in [-0.05, 0) is 51.8 Å². The standard InChI is InChI=1S/C15H24N2O2/c1-6-17(9-15(4,5)19)14(18)12-8-13(16)11(3)7-10(12)2/h7-8,19H,6,9,16H2,1-5H3. The molecule has 0 spiro atoms. The van der Waals surface area contributed by atoms with Gasteiger partial charge in [-0.25, -0.2) is 0 Å². The third-order valence-electron chi connectivity index (χ3n) is 3.09. The van der Waals surface area contributed by atoms with E-state index in [1.807, 2.05) is 26.8 Å². The van der Waals surface area contributed by atoms with Crippen molar-refractivity contribution < 1.29 is 9.90 Å². The lowest BCUT2D eigenvalue weighted by Crippen LogP contribution is -2.42. The molecule has 0 bridgehead atoms. The van der Waals surface area contributed by atoms with E-state index in [0.29, 0.717) is 24.3 Å². The Kier molecular flexibility index (Phi) is 4.58. The van der Waals surface area contributed by atoms with Gasteiger partial charge in [-0.3, -0.25) is 4.79 Å². The molecular formula is C15H24N2O2. The van der Waals surface area contributed by atoms with E-state index in [1.54, 1.807) is 24.8 Å². The highest BCUT2D eigenvalue weighted by Crippen LogP contribution is 2.20. The topological polar surface area (TPSA) is 66.6 Å². The number of aliphatic hydroxyl groups is 1. The highest BCUT2D eigenvalue weighted by molar-refractivity contribution is 5.96. The molecule has 3 N–H and O–H groups in total. The van der Waals surface area contributed by atoms with Crippen molar-refractivity contribution in [2.75, 3.05) is 18.8 Å². The van der Waals surface area contributed by atoms with Crippen LogP contribution >= 0.6 is 0 Å². The molecule has 0 saturated heterocycles. The van der Waals surface area contributed by atoms with Gasteiger partial charge in [-0.15, -0.1) is 0 Å². The number of nitrogens with zero attached hydrogens (tertiary/aromatic N) is 1. The van der Waals surface area contributed by atoms with Gasteiger partial charge < -0.3 is 15.7 Å². The van der Waals surface area contributed by atoms with Crippen molar-refractivity contribution in [2.45, 2.75) is 40.2 Å². The Labute approximate surface area is 115 Å². The minimum absolute atomic E-state index is 0.0891. The molecule has 0 fully saturated rings. The van der Waals surface area contributed by atoms with Crippen molar-refractivity contribution in [1.82, 2.24) is 4.90 Å². The molecule has 0 atom stereocenters. The second-order valence-corrected chi connectivity index (χ2v) is 5.66. The molecule has 0 heterocycles. The van der Waals surface area contributed by atoms with Crippen molar-refractivity contribution in [3.63, 3.8) is 0 Å². The number of rotatable bonds is 4. The molecule has 1 rings (SSSR count). The Balaban J connectivity index is 3.08. The fourth-order valence-corrected chi connectivity index (χ4v) is 2.06. The van der Waals surface area contributed by atoms with Gasteiger partial charge in [0.15, 0.2) is 0 Å². The molecule has 4 heteroatoms. The molecule has 0 radical (unpaired) electrons. The first-order valence-electron chi connectivity index (χ1n) is 6.54. The fraction of sp³-hybridized carbons (Fsp3) is 0.533. The van der Waals surface area contributed by atoms with Crippen LogP contribution in [0.5, 0.6) is 0 Å². The molecule has 0 saturated carbocycles. The number of carbonyl (C=O) groups excluding carboxylic acids is 1. The SMILES string of the molecule is CCN(CC(C)(C)O)C(=O)c1cc(N)c(C)cc1C. The van der Waals surface area contributed by atoms with Crippen LogP contribution in [0.1, 0.15) is 42.3 Å². The Bertz CT molecular complexity index is 476. The lowest BCUT2D eigenvalue weighted by molar-refractivity contribution is 0.0314. The van der Waals surface area contributed by atoms with Gasteiger partial charge in [-0.2, -0.15) is 0 Å². The summed E-state index contributed by atoms with van der Waals surface area (Å²) in [6.45, 7) is 9.96. The van der Waals surface area contributed by atoms with Crippen LogP contribution in [0.25, 0.3) is 0 Å². The molecule has 106 valence electrons. The maximum absolute atomic E-state index is 12.5. The summed E-state index contributed by atoms with van der Waals surface area (Å²) in [6.07, 6.45) is 0. The average Bonchev–Trinajstić information content (AvgIpc) is 2.28. The number of nitrogens with two attached hydrogens (primary N) is 1. The van der Waals surface area contributed by atoms with Crippen LogP contribution in [0, 0.1) is 13.8 Å². The molecule has 0 unspecified atom stereocenters. The summed E-state index contributed by atoms with van der Waals surface area (Å²) in [7, 11) is 0. The molecule has 4 nitrogen and oxygen atoms in total. The number of aryl methyl sites for hydroxylation is 2. The largest absolute Gasteiger partial charge is 0.398 e. The van der Waals surface area contributed by atoms with Gasteiger partial charge in [0.05, 0.1) is 5.60 Å². The van der Waals surface area contributed by atoms with Gasteiger partial charge in [-0.1, -0.05) is 6.07 Å². The van der Waals surface area contributed by atoms with E-state index in [4.69, 9.17) is 5.73 Å². The Morgan fingerprint density at radius 1 is 1.32 bits per heavy atom. The quantitative estimate of drug-likeness (QED) is 0.819. The maximum atomic E-state index is 12.5. The van der Waals surface area contributed by atoms with E-state index in [9.17, 15) is 9.90 Å². The van der Waals surface area contributed by atoms with Crippen LogP contribution in [0.4, 0.5) is 5.69 Å². The molecular weight excluding hydrogens is 240 g/mol. The second kappa shape index (κ2) is 5.61. The Morgan fingerprint density at radius 2 is 1.89 bits per heavy atom. The first-order valence-corrected chi connectivity index (χ1v) is 6.54. The third-order valence-corrected chi connectivity index (χ3v) is 3.09. The zero-order valence-electron chi connectivity index (χ0n) is 12.4. The van der Waals surface area contributed by atoms with Crippen LogP contribution in [-0.4, -0.2) is 34.6 Å². The number of anilines is 1. The van der Waals surface area contributed by atoms with Crippen LogP contribution in [0.3, 0.4) is 0 Å². The van der Waals surface area contributed by atoms with Crippen molar-refractivity contribution in [1.29, 1.82) is 0 Å². The lowest BCUT2D eigenvalue weighted by atomic mass is 10.0. The van der Waals surface area contributed by atoms with E-state index in [-0.39, 0.29) is 5.91 Å². The predicted molar refractivity (Wildman–Crippen MR) is 78.2 cm³/mol. The van der Waals surface area contributed by atoms with E-state index in [1.165, 1.54) is 0 Å². The molecule has 1 aromatic carbocycles. The summed E-state index contributed by atoms with van der Waals surface area (Å²) in [4.78, 5) is 14.1. The van der Waals surface area contributed by atoms with Gasteiger partial charge in [0, 0.05) is 24.3 Å². The number of benzene rings is 1. The molecule has 1 aromatic rings. The van der Waals surface area contributed by atoms with E-state index in [0.717, 1.165) is 11.1 Å². The first-order chi connectivity index (χ1) is 8.65. The molecule has 0 aliphatic rings. The minimum atomic E-state index is -0.907. The van der Waals surface area contributed by atoms with Gasteiger partial charge in [0.1, 0.15) is 0 Å². The number of likely N-dealkylation sites (N-methyl/N-ethyl adjacent to an activating group) is 1. The summed E-state index contributed by atoms with van der Waals surface area (Å²) >= 11 is 0. The summed E-state index contributed by atoms with van der Waals surface area (Å²) in [6, 6.07) is 3.64. The highest BCUT2D eigenvalue weighted by Gasteiger charge is 2.23. The van der Waals surface area contributed by atoms with Crippen LogP contribution < -0.4 is 5.73 Å². The zero-order chi connectivity index (χ0) is 14.8.